The van der Waals surface area contributed by atoms with Gasteiger partial charge < -0.3 is 59.2 Å². The van der Waals surface area contributed by atoms with E-state index >= 15 is 0 Å². The lowest BCUT2D eigenvalue weighted by molar-refractivity contribution is -0.988. The molecule has 2 aromatic rings. The summed E-state index contributed by atoms with van der Waals surface area (Å²) >= 11 is 0. The van der Waals surface area contributed by atoms with Crippen molar-refractivity contribution in [3.05, 3.63) is 42.0 Å². The number of methoxy groups -OCH3 is 3. The number of quaternary nitrogens is 2. The van der Waals surface area contributed by atoms with Gasteiger partial charge >= 0.3 is 0 Å². The average molecular weight is 507 g/mol. The number of halogens is 2. The number of benzene rings is 2. The zero-order chi connectivity index (χ0) is 21.5. The van der Waals surface area contributed by atoms with E-state index in [1.807, 2.05) is 0 Å². The molecule has 33 heavy (non-hydrogen) atoms. The van der Waals surface area contributed by atoms with Crippen LogP contribution in [0.25, 0.3) is 0 Å². The average Bonchev–Trinajstić information content (AvgIpc) is 2.77. The Labute approximate surface area is 208 Å². The van der Waals surface area contributed by atoms with Crippen LogP contribution in [0.4, 0.5) is 5.69 Å². The maximum absolute atomic E-state index is 10.5. The number of nitrogens with one attached hydrogen (secondary N) is 2. The van der Waals surface area contributed by atoms with Crippen molar-refractivity contribution in [1.29, 1.82) is 0 Å². The molecule has 0 saturated carbocycles. The highest BCUT2D eigenvalue weighted by Gasteiger charge is 2.26. The first-order valence-corrected chi connectivity index (χ1v) is 10.4. The first kappa shape index (κ1) is 31.1. The summed E-state index contributed by atoms with van der Waals surface area (Å²) in [6.45, 7) is 7.23. The summed E-state index contributed by atoms with van der Waals surface area (Å²) in [7, 11) is 4.70. The maximum atomic E-state index is 10.5. The fourth-order valence-electron chi connectivity index (χ4n) is 3.99. The van der Waals surface area contributed by atoms with Gasteiger partial charge in [-0.3, -0.25) is 4.90 Å². The first-order chi connectivity index (χ1) is 14.5. The van der Waals surface area contributed by atoms with Crippen molar-refractivity contribution in [2.24, 2.45) is 0 Å². The van der Waals surface area contributed by atoms with Crippen LogP contribution in [0.1, 0.15) is 5.56 Å². The smallest absolute Gasteiger partial charge is 0.203 e. The lowest BCUT2D eigenvalue weighted by Gasteiger charge is -2.30. The van der Waals surface area contributed by atoms with Crippen LogP contribution in [-0.4, -0.2) is 77.3 Å². The van der Waals surface area contributed by atoms with Crippen LogP contribution in [0.15, 0.2) is 36.4 Å². The van der Waals surface area contributed by atoms with E-state index < -0.39 is 6.10 Å². The predicted molar refractivity (Wildman–Crippen MR) is 118 cm³/mol. The van der Waals surface area contributed by atoms with Crippen LogP contribution >= 0.6 is 0 Å². The quantitative estimate of drug-likeness (QED) is 0.314. The van der Waals surface area contributed by atoms with Crippen molar-refractivity contribution in [2.75, 3.05) is 60.7 Å². The molecule has 3 rings (SSSR count). The van der Waals surface area contributed by atoms with Gasteiger partial charge in [0.2, 0.25) is 5.75 Å². The number of hydrogen-bond acceptors (Lipinski definition) is 5. The normalized spacial score (nSPS) is 18.0. The van der Waals surface area contributed by atoms with Crippen LogP contribution < -0.4 is 53.6 Å². The fourth-order valence-corrected chi connectivity index (χ4v) is 3.99. The van der Waals surface area contributed by atoms with E-state index in [2.05, 4.69) is 31.2 Å². The van der Waals surface area contributed by atoms with E-state index in [0.29, 0.717) is 29.5 Å². The molecule has 0 radical (unpaired) electrons. The molecule has 0 spiro atoms. The Kier molecular flexibility index (Phi) is 14.2. The summed E-state index contributed by atoms with van der Waals surface area (Å²) < 4.78 is 21.8. The largest absolute Gasteiger partial charge is 1.00 e. The molecule has 0 bridgehead atoms. The van der Waals surface area contributed by atoms with Gasteiger partial charge in [0.25, 0.3) is 0 Å². The monoisotopic (exact) mass is 506 g/mol. The molecule has 188 valence electrons. The zero-order valence-electron chi connectivity index (χ0n) is 19.6. The standard InChI is InChI=1S/C23H32N2O5.2ClH.H2O/c1-17-6-5-7-18(12-17)25-10-8-24(9-11-25)15-19(26)16-30-20-13-21(27-2)23(29-4)22(14-20)28-3;;;/h5-7,12-14,19,26H,8-11,15-16H2,1-4H3;2*1H;1H2. The molecule has 0 aliphatic carbocycles. The highest BCUT2D eigenvalue weighted by Crippen LogP contribution is 2.40. The van der Waals surface area contributed by atoms with Gasteiger partial charge in [-0.25, -0.2) is 0 Å². The lowest BCUT2D eigenvalue weighted by Crippen LogP contribution is -3.26. The second kappa shape index (κ2) is 15.1. The van der Waals surface area contributed by atoms with Gasteiger partial charge in [-0.2, -0.15) is 0 Å². The van der Waals surface area contributed by atoms with Crippen LogP contribution in [0, 0.1) is 6.92 Å². The molecular formula is C23H36Cl2N2O6. The molecule has 1 fully saturated rings. The summed E-state index contributed by atoms with van der Waals surface area (Å²) in [5.41, 5.74) is 2.66. The third-order valence-corrected chi connectivity index (χ3v) is 5.59. The molecule has 1 heterocycles. The summed E-state index contributed by atoms with van der Waals surface area (Å²) in [6, 6.07) is 12.2. The molecule has 1 atom stereocenters. The Balaban J connectivity index is 0.00000341. The van der Waals surface area contributed by atoms with E-state index in [1.165, 1.54) is 21.1 Å². The van der Waals surface area contributed by atoms with Gasteiger partial charge in [-0.15, -0.1) is 0 Å². The van der Waals surface area contributed by atoms with Gasteiger partial charge in [0, 0.05) is 18.2 Å². The van der Waals surface area contributed by atoms with E-state index in [4.69, 9.17) is 18.9 Å². The maximum Gasteiger partial charge on any atom is 0.203 e. The van der Waals surface area contributed by atoms with E-state index in [0.717, 1.165) is 26.2 Å². The summed E-state index contributed by atoms with van der Waals surface area (Å²) in [5, 5.41) is 10.5. The van der Waals surface area contributed by atoms with Crippen LogP contribution in [0.2, 0.25) is 0 Å². The number of hydrogen-bond donors (Lipinski definition) is 3. The second-order valence-electron chi connectivity index (χ2n) is 7.75. The van der Waals surface area contributed by atoms with Gasteiger partial charge in [0.1, 0.15) is 56.9 Å². The Hall–Kier alpha value is -1.94. The van der Waals surface area contributed by atoms with Crippen LogP contribution in [0.3, 0.4) is 0 Å². The molecule has 0 amide bonds. The third kappa shape index (κ3) is 8.41. The summed E-state index contributed by atoms with van der Waals surface area (Å²) in [5.74, 6) is 2.16. The Morgan fingerprint density at radius 2 is 1.52 bits per heavy atom. The number of rotatable bonds is 9. The van der Waals surface area contributed by atoms with Crippen LogP contribution in [0.5, 0.6) is 23.0 Å². The van der Waals surface area contributed by atoms with Crippen molar-refractivity contribution in [3.8, 4) is 23.0 Å². The molecule has 1 aliphatic heterocycles. The van der Waals surface area contributed by atoms with Crippen molar-refractivity contribution in [3.63, 3.8) is 0 Å². The Bertz CT molecular complexity index is 809. The Morgan fingerprint density at radius 1 is 0.909 bits per heavy atom. The molecule has 8 nitrogen and oxygen atoms in total. The van der Waals surface area contributed by atoms with E-state index in [-0.39, 0.29) is 36.9 Å². The molecule has 1 unspecified atom stereocenters. The molecule has 10 heteroatoms. The number of aliphatic hydroxyl groups excluding tert-OH is 1. The Morgan fingerprint density at radius 3 is 2.03 bits per heavy atom. The third-order valence-electron chi connectivity index (χ3n) is 5.59. The van der Waals surface area contributed by atoms with Gasteiger partial charge in [-0.1, -0.05) is 12.1 Å². The molecular weight excluding hydrogens is 471 g/mol. The molecule has 5 N–H and O–H groups in total. The van der Waals surface area contributed by atoms with Crippen molar-refractivity contribution >= 4 is 5.69 Å². The highest BCUT2D eigenvalue weighted by atomic mass is 35.5. The van der Waals surface area contributed by atoms with Crippen molar-refractivity contribution in [1.82, 2.24) is 0 Å². The van der Waals surface area contributed by atoms with Gasteiger partial charge in [0.15, 0.2) is 11.5 Å². The number of aliphatic hydroxyl groups is 1. The van der Waals surface area contributed by atoms with Crippen LogP contribution in [-0.2, 0) is 0 Å². The fraction of sp³-hybridized carbons (Fsp3) is 0.478. The zero-order valence-corrected chi connectivity index (χ0v) is 21.1. The molecule has 1 aliphatic rings. The minimum absolute atomic E-state index is 0. The highest BCUT2D eigenvalue weighted by molar-refractivity contribution is 5.55. The van der Waals surface area contributed by atoms with Crippen molar-refractivity contribution < 1.29 is 64.1 Å². The minimum atomic E-state index is -0.542. The predicted octanol–water partition coefficient (Wildman–Crippen LogP) is -6.94. The summed E-state index contributed by atoms with van der Waals surface area (Å²) in [4.78, 5) is 2.93. The van der Waals surface area contributed by atoms with E-state index in [9.17, 15) is 5.11 Å². The second-order valence-corrected chi connectivity index (χ2v) is 7.75. The molecule has 2 aromatic carbocycles. The summed E-state index contributed by atoms with van der Waals surface area (Å²) in [6.07, 6.45) is -0.542. The number of piperazine rings is 1. The SMILES string of the molecule is COc1cc(OCC(O)C[NH+]2CC[NH+](c3cccc(C)c3)CC2)cc(OC)c1OC.O.[Cl-].[Cl-]. The van der Waals surface area contributed by atoms with Gasteiger partial charge in [0.05, 0.1) is 21.3 Å². The molecule has 1 saturated heterocycles. The first-order valence-electron chi connectivity index (χ1n) is 10.4. The van der Waals surface area contributed by atoms with E-state index in [1.54, 1.807) is 33.5 Å². The number of aryl methyl sites for hydroxylation is 1. The topological polar surface area (TPSA) is 97.5 Å². The lowest BCUT2D eigenvalue weighted by atomic mass is 10.2. The molecule has 0 aromatic heterocycles. The van der Waals surface area contributed by atoms with Gasteiger partial charge in [-0.05, 0) is 18.6 Å². The minimum Gasteiger partial charge on any atom is -1.00 e. The van der Waals surface area contributed by atoms with Crippen molar-refractivity contribution in [2.45, 2.75) is 13.0 Å². The number of ether oxygens (including phenoxy) is 4.